The van der Waals surface area contributed by atoms with Crippen molar-refractivity contribution in [2.75, 3.05) is 19.8 Å². The van der Waals surface area contributed by atoms with E-state index in [1.807, 2.05) is 5.38 Å². The molecular weight excluding hydrogens is 226 g/mol. The average molecular weight is 241 g/mol. The van der Waals surface area contributed by atoms with Crippen LogP contribution in [-0.4, -0.2) is 36.4 Å². The fraction of sp³-hybridized carbons (Fsp3) is 0.545. The highest BCUT2D eigenvalue weighted by Gasteiger charge is 2.33. The predicted molar refractivity (Wildman–Crippen MR) is 61.7 cm³/mol. The van der Waals surface area contributed by atoms with Gasteiger partial charge in [-0.1, -0.05) is 0 Å². The van der Waals surface area contributed by atoms with E-state index in [0.717, 1.165) is 0 Å². The van der Waals surface area contributed by atoms with Gasteiger partial charge in [0, 0.05) is 18.6 Å². The number of hydrogen-bond donors (Lipinski definition) is 2. The zero-order valence-electron chi connectivity index (χ0n) is 8.94. The maximum atomic E-state index is 11.9. The Hall–Kier alpha value is -0.910. The number of rotatable bonds is 3. The van der Waals surface area contributed by atoms with Gasteiger partial charge in [-0.05, 0) is 24.3 Å². The maximum absolute atomic E-state index is 11.9. The highest BCUT2D eigenvalue weighted by molar-refractivity contribution is 7.08. The first-order valence-corrected chi connectivity index (χ1v) is 6.23. The van der Waals surface area contributed by atoms with E-state index in [0.29, 0.717) is 31.6 Å². The lowest BCUT2D eigenvalue weighted by atomic mass is 9.90. The van der Waals surface area contributed by atoms with E-state index >= 15 is 0 Å². The molecule has 0 aromatic carbocycles. The van der Waals surface area contributed by atoms with Crippen molar-refractivity contribution >= 4 is 17.2 Å². The second-order valence-corrected chi connectivity index (χ2v) is 4.80. The topological polar surface area (TPSA) is 58.6 Å². The molecule has 0 aliphatic carbocycles. The molecule has 5 heteroatoms. The molecule has 1 aliphatic heterocycles. The molecular formula is C11H15NO3S. The minimum Gasteiger partial charge on any atom is -0.394 e. The van der Waals surface area contributed by atoms with Gasteiger partial charge in [0.05, 0.1) is 17.7 Å². The fourth-order valence-electron chi connectivity index (χ4n) is 1.79. The normalized spacial score (nSPS) is 19.3. The molecule has 1 aromatic heterocycles. The van der Waals surface area contributed by atoms with Crippen molar-refractivity contribution in [2.24, 2.45) is 0 Å². The van der Waals surface area contributed by atoms with Crippen molar-refractivity contribution in [3.8, 4) is 0 Å². The number of carbonyl (C=O) groups excluding carboxylic acids is 1. The van der Waals surface area contributed by atoms with Gasteiger partial charge in [-0.15, -0.1) is 0 Å². The molecule has 0 saturated carbocycles. The van der Waals surface area contributed by atoms with Crippen LogP contribution in [0.3, 0.4) is 0 Å². The molecule has 0 spiro atoms. The van der Waals surface area contributed by atoms with Crippen molar-refractivity contribution in [2.45, 2.75) is 18.4 Å². The Morgan fingerprint density at radius 1 is 1.56 bits per heavy atom. The molecule has 2 N–H and O–H groups in total. The lowest BCUT2D eigenvalue weighted by molar-refractivity contribution is 0.0125. The summed E-state index contributed by atoms with van der Waals surface area (Å²) < 4.78 is 5.24. The van der Waals surface area contributed by atoms with E-state index < -0.39 is 5.54 Å². The number of amides is 1. The summed E-state index contributed by atoms with van der Waals surface area (Å²) in [6.07, 6.45) is 1.33. The molecule has 0 atom stereocenters. The lowest BCUT2D eigenvalue weighted by Gasteiger charge is -2.36. The van der Waals surface area contributed by atoms with Crippen molar-refractivity contribution < 1.29 is 14.6 Å². The van der Waals surface area contributed by atoms with E-state index in [-0.39, 0.29) is 12.5 Å². The number of carbonyl (C=O) groups is 1. The Balaban J connectivity index is 2.03. The van der Waals surface area contributed by atoms with Crippen LogP contribution in [0.2, 0.25) is 0 Å². The Labute approximate surface area is 98.2 Å². The third-order valence-corrected chi connectivity index (χ3v) is 3.60. The van der Waals surface area contributed by atoms with Crippen LogP contribution in [0.4, 0.5) is 0 Å². The maximum Gasteiger partial charge on any atom is 0.252 e. The summed E-state index contributed by atoms with van der Waals surface area (Å²) in [5.41, 5.74) is 0.154. The quantitative estimate of drug-likeness (QED) is 0.830. The number of aliphatic hydroxyl groups is 1. The Morgan fingerprint density at radius 2 is 2.31 bits per heavy atom. The second kappa shape index (κ2) is 4.95. The molecule has 2 rings (SSSR count). The minimum atomic E-state index is -0.503. The Kier molecular flexibility index (Phi) is 3.58. The summed E-state index contributed by atoms with van der Waals surface area (Å²) in [4.78, 5) is 11.9. The standard InChI is InChI=1S/C11H15NO3S/c13-8-11(2-4-15-5-3-11)12-10(14)9-1-6-16-7-9/h1,6-7,13H,2-5,8H2,(H,12,14). The van der Waals surface area contributed by atoms with E-state index in [2.05, 4.69) is 5.32 Å². The van der Waals surface area contributed by atoms with Gasteiger partial charge in [0.25, 0.3) is 5.91 Å². The smallest absolute Gasteiger partial charge is 0.252 e. The largest absolute Gasteiger partial charge is 0.394 e. The van der Waals surface area contributed by atoms with Gasteiger partial charge >= 0.3 is 0 Å². The molecule has 1 fully saturated rings. The van der Waals surface area contributed by atoms with Crippen LogP contribution < -0.4 is 5.32 Å². The molecule has 1 amide bonds. The van der Waals surface area contributed by atoms with Crippen molar-refractivity contribution in [3.63, 3.8) is 0 Å². The number of thiophene rings is 1. The molecule has 1 aromatic rings. The van der Waals surface area contributed by atoms with E-state index in [4.69, 9.17) is 4.74 Å². The highest BCUT2D eigenvalue weighted by atomic mass is 32.1. The third-order valence-electron chi connectivity index (χ3n) is 2.91. The molecule has 1 saturated heterocycles. The summed E-state index contributed by atoms with van der Waals surface area (Å²) in [6, 6.07) is 1.78. The molecule has 88 valence electrons. The molecule has 1 aliphatic rings. The predicted octanol–water partition coefficient (Wildman–Crippen LogP) is 1.02. The van der Waals surface area contributed by atoms with E-state index in [1.165, 1.54) is 11.3 Å². The first kappa shape index (κ1) is 11.6. The zero-order chi connectivity index (χ0) is 11.4. The van der Waals surface area contributed by atoms with Crippen molar-refractivity contribution in [1.82, 2.24) is 5.32 Å². The van der Waals surface area contributed by atoms with Gasteiger partial charge in [0.15, 0.2) is 0 Å². The first-order valence-electron chi connectivity index (χ1n) is 5.29. The molecule has 4 nitrogen and oxygen atoms in total. The van der Waals surface area contributed by atoms with Crippen molar-refractivity contribution in [3.05, 3.63) is 22.4 Å². The van der Waals surface area contributed by atoms with Crippen LogP contribution in [0, 0.1) is 0 Å². The summed E-state index contributed by atoms with van der Waals surface area (Å²) in [5.74, 6) is -0.114. The van der Waals surface area contributed by atoms with E-state index in [9.17, 15) is 9.90 Å². The second-order valence-electron chi connectivity index (χ2n) is 4.02. The first-order chi connectivity index (χ1) is 7.76. The Bertz CT molecular complexity index is 344. The van der Waals surface area contributed by atoms with Gasteiger partial charge in [-0.25, -0.2) is 0 Å². The van der Waals surface area contributed by atoms with Crippen LogP contribution in [0.25, 0.3) is 0 Å². The van der Waals surface area contributed by atoms with Gasteiger partial charge in [-0.2, -0.15) is 11.3 Å². The van der Waals surface area contributed by atoms with Crippen LogP contribution >= 0.6 is 11.3 Å². The Morgan fingerprint density at radius 3 is 2.88 bits per heavy atom. The van der Waals surface area contributed by atoms with Gasteiger partial charge in [-0.3, -0.25) is 4.79 Å². The van der Waals surface area contributed by atoms with Crippen LogP contribution in [0.15, 0.2) is 16.8 Å². The number of nitrogens with one attached hydrogen (secondary N) is 1. The van der Waals surface area contributed by atoms with Gasteiger partial charge in [0.2, 0.25) is 0 Å². The summed E-state index contributed by atoms with van der Waals surface area (Å²) >= 11 is 1.49. The van der Waals surface area contributed by atoms with Gasteiger partial charge in [0.1, 0.15) is 0 Å². The summed E-state index contributed by atoms with van der Waals surface area (Å²) in [5, 5.41) is 16.0. The van der Waals surface area contributed by atoms with Crippen LogP contribution in [0.5, 0.6) is 0 Å². The molecule has 0 radical (unpaired) electrons. The van der Waals surface area contributed by atoms with Crippen molar-refractivity contribution in [1.29, 1.82) is 0 Å². The van der Waals surface area contributed by atoms with Crippen LogP contribution in [0.1, 0.15) is 23.2 Å². The number of aliphatic hydroxyl groups excluding tert-OH is 1. The lowest BCUT2D eigenvalue weighted by Crippen LogP contribution is -2.54. The highest BCUT2D eigenvalue weighted by Crippen LogP contribution is 2.21. The minimum absolute atomic E-state index is 0.0355. The van der Waals surface area contributed by atoms with Crippen LogP contribution in [-0.2, 0) is 4.74 Å². The molecule has 2 heterocycles. The monoisotopic (exact) mass is 241 g/mol. The number of ether oxygens (including phenoxy) is 1. The molecule has 0 bridgehead atoms. The van der Waals surface area contributed by atoms with E-state index in [1.54, 1.807) is 11.4 Å². The molecule has 0 unspecified atom stereocenters. The van der Waals surface area contributed by atoms with Gasteiger partial charge < -0.3 is 15.2 Å². The zero-order valence-corrected chi connectivity index (χ0v) is 9.76. The summed E-state index contributed by atoms with van der Waals surface area (Å²) in [6.45, 7) is 1.14. The molecule has 16 heavy (non-hydrogen) atoms. The number of hydrogen-bond acceptors (Lipinski definition) is 4. The SMILES string of the molecule is O=C(NC1(CO)CCOCC1)c1ccsc1. The summed E-state index contributed by atoms with van der Waals surface area (Å²) in [7, 11) is 0. The fourth-order valence-corrected chi connectivity index (χ4v) is 2.43. The average Bonchev–Trinajstić information content (AvgIpc) is 2.84. The third kappa shape index (κ3) is 2.42.